The molecule has 0 bridgehead atoms. The van der Waals surface area contributed by atoms with E-state index in [1.807, 2.05) is 37.3 Å². The number of benzene rings is 1. The molecule has 25 heavy (non-hydrogen) atoms. The number of hydrogen-bond acceptors (Lipinski definition) is 6. The third-order valence-electron chi connectivity index (χ3n) is 4.23. The lowest BCUT2D eigenvalue weighted by Crippen LogP contribution is -2.26. The van der Waals surface area contributed by atoms with Gasteiger partial charge in [-0.3, -0.25) is 0 Å². The van der Waals surface area contributed by atoms with Crippen molar-refractivity contribution in [1.82, 2.24) is 15.3 Å². The molecule has 0 saturated heterocycles. The third-order valence-corrected chi connectivity index (χ3v) is 4.23. The minimum absolute atomic E-state index is 0.323. The van der Waals surface area contributed by atoms with Gasteiger partial charge in [0.25, 0.3) is 0 Å². The predicted molar refractivity (Wildman–Crippen MR) is 98.7 cm³/mol. The lowest BCUT2D eigenvalue weighted by molar-refractivity contribution is 0.0495. The molecule has 2 heterocycles. The van der Waals surface area contributed by atoms with E-state index >= 15 is 0 Å². The Kier molecular flexibility index (Phi) is 6.33. The molecule has 3 N–H and O–H groups in total. The van der Waals surface area contributed by atoms with Crippen LogP contribution in [0, 0.1) is 0 Å². The molecule has 0 spiro atoms. The van der Waals surface area contributed by atoms with E-state index in [1.54, 1.807) is 0 Å². The van der Waals surface area contributed by atoms with Crippen molar-refractivity contribution in [3.05, 3.63) is 41.6 Å². The van der Waals surface area contributed by atoms with Crippen LogP contribution in [0.5, 0.6) is 0 Å². The zero-order valence-corrected chi connectivity index (χ0v) is 14.7. The van der Waals surface area contributed by atoms with Gasteiger partial charge in [0.2, 0.25) is 0 Å². The van der Waals surface area contributed by atoms with E-state index in [4.69, 9.17) is 14.7 Å². The van der Waals surface area contributed by atoms with Crippen LogP contribution in [0.1, 0.15) is 18.2 Å². The molecule has 0 unspecified atom stereocenters. The molecule has 1 aromatic heterocycles. The number of ether oxygens (including phenoxy) is 1. The maximum atomic E-state index is 10.0. The summed E-state index contributed by atoms with van der Waals surface area (Å²) in [5, 5.41) is 16.8. The number of aromatic nitrogens is 2. The predicted octanol–water partition coefficient (Wildman–Crippen LogP) is 1.64. The molecule has 2 aromatic rings. The van der Waals surface area contributed by atoms with E-state index < -0.39 is 6.10 Å². The summed E-state index contributed by atoms with van der Waals surface area (Å²) in [6, 6.07) is 10.0. The third kappa shape index (κ3) is 4.75. The molecule has 1 aromatic carbocycles. The summed E-state index contributed by atoms with van der Waals surface area (Å²) in [5.41, 5.74) is 3.23. The van der Waals surface area contributed by atoms with Crippen LogP contribution < -0.4 is 10.6 Å². The van der Waals surface area contributed by atoms with E-state index in [-0.39, 0.29) is 0 Å². The van der Waals surface area contributed by atoms with Crippen LogP contribution in [0.25, 0.3) is 11.4 Å². The van der Waals surface area contributed by atoms with Crippen LogP contribution in [0.4, 0.5) is 5.82 Å². The van der Waals surface area contributed by atoms with E-state index in [2.05, 4.69) is 10.6 Å². The SMILES string of the molecule is CCOC[C@H](O)CNc1nc(-c2ccccc2)nc2c1CCNCC2. The fraction of sp³-hybridized carbons (Fsp3) is 0.474. The van der Waals surface area contributed by atoms with Crippen molar-refractivity contribution >= 4 is 5.82 Å². The minimum Gasteiger partial charge on any atom is -0.389 e. The number of nitrogens with zero attached hydrogens (tertiary/aromatic N) is 2. The molecule has 1 aliphatic rings. The Morgan fingerprint density at radius 1 is 1.20 bits per heavy atom. The molecular formula is C19H26N4O2. The molecule has 3 rings (SSSR count). The van der Waals surface area contributed by atoms with Gasteiger partial charge in [-0.2, -0.15) is 0 Å². The first-order chi connectivity index (χ1) is 12.3. The summed E-state index contributed by atoms with van der Waals surface area (Å²) in [4.78, 5) is 9.55. The van der Waals surface area contributed by atoms with Crippen molar-refractivity contribution in [2.24, 2.45) is 0 Å². The molecule has 0 amide bonds. The van der Waals surface area contributed by atoms with Gasteiger partial charge in [-0.25, -0.2) is 9.97 Å². The molecule has 0 fully saturated rings. The zero-order valence-electron chi connectivity index (χ0n) is 14.7. The summed E-state index contributed by atoms with van der Waals surface area (Å²) in [7, 11) is 0. The summed E-state index contributed by atoms with van der Waals surface area (Å²) in [6.07, 6.45) is 1.21. The Balaban J connectivity index is 1.86. The molecule has 6 nitrogen and oxygen atoms in total. The molecule has 134 valence electrons. The second-order valence-corrected chi connectivity index (χ2v) is 6.13. The maximum absolute atomic E-state index is 10.0. The van der Waals surface area contributed by atoms with Crippen LogP contribution in [-0.4, -0.2) is 54.0 Å². The Morgan fingerprint density at radius 3 is 2.80 bits per heavy atom. The number of aliphatic hydroxyl groups is 1. The summed E-state index contributed by atoms with van der Waals surface area (Å²) in [5.74, 6) is 1.55. The van der Waals surface area contributed by atoms with E-state index in [0.29, 0.717) is 19.8 Å². The number of fused-ring (bicyclic) bond motifs is 1. The van der Waals surface area contributed by atoms with Gasteiger partial charge in [-0.15, -0.1) is 0 Å². The standard InChI is InChI=1S/C19H26N4O2/c1-2-25-13-15(24)12-21-19-16-8-10-20-11-9-17(16)22-18(23-19)14-6-4-3-5-7-14/h3-7,15,20,24H,2,8-13H2,1H3,(H,21,22,23)/t15-/m1/s1. The molecule has 0 radical (unpaired) electrons. The smallest absolute Gasteiger partial charge is 0.161 e. The quantitative estimate of drug-likeness (QED) is 0.710. The average Bonchev–Trinajstić information content (AvgIpc) is 2.90. The van der Waals surface area contributed by atoms with Gasteiger partial charge in [0.1, 0.15) is 5.82 Å². The van der Waals surface area contributed by atoms with Crippen LogP contribution in [0.2, 0.25) is 0 Å². The van der Waals surface area contributed by atoms with E-state index in [1.165, 1.54) is 0 Å². The van der Waals surface area contributed by atoms with Gasteiger partial charge in [-0.05, 0) is 19.9 Å². The molecule has 6 heteroatoms. The Morgan fingerprint density at radius 2 is 2.00 bits per heavy atom. The first kappa shape index (κ1) is 17.8. The highest BCUT2D eigenvalue weighted by atomic mass is 16.5. The lowest BCUT2D eigenvalue weighted by Gasteiger charge is -2.17. The fourth-order valence-electron chi connectivity index (χ4n) is 2.93. The first-order valence-electron chi connectivity index (χ1n) is 8.93. The van der Waals surface area contributed by atoms with Crippen LogP contribution in [0.15, 0.2) is 30.3 Å². The molecule has 1 aliphatic heterocycles. The van der Waals surface area contributed by atoms with Gasteiger partial charge in [0.05, 0.1) is 18.4 Å². The summed E-state index contributed by atoms with van der Waals surface area (Å²) in [6.45, 7) is 5.09. The Bertz CT molecular complexity index is 679. The largest absolute Gasteiger partial charge is 0.389 e. The zero-order chi connectivity index (χ0) is 17.5. The van der Waals surface area contributed by atoms with Crippen molar-refractivity contribution < 1.29 is 9.84 Å². The van der Waals surface area contributed by atoms with Gasteiger partial charge >= 0.3 is 0 Å². The number of nitrogens with one attached hydrogen (secondary N) is 2. The Labute approximate surface area is 148 Å². The summed E-state index contributed by atoms with van der Waals surface area (Å²) >= 11 is 0. The number of hydrogen-bond donors (Lipinski definition) is 3. The van der Waals surface area contributed by atoms with Crippen molar-refractivity contribution in [2.75, 3.05) is 38.2 Å². The lowest BCUT2D eigenvalue weighted by atomic mass is 10.1. The van der Waals surface area contributed by atoms with E-state index in [9.17, 15) is 5.11 Å². The molecular weight excluding hydrogens is 316 g/mol. The first-order valence-corrected chi connectivity index (χ1v) is 8.93. The highest BCUT2D eigenvalue weighted by Crippen LogP contribution is 2.24. The van der Waals surface area contributed by atoms with E-state index in [0.717, 1.165) is 54.4 Å². The second-order valence-electron chi connectivity index (χ2n) is 6.13. The second kappa shape index (κ2) is 8.89. The number of anilines is 1. The fourth-order valence-corrected chi connectivity index (χ4v) is 2.93. The van der Waals surface area contributed by atoms with Crippen LogP contribution >= 0.6 is 0 Å². The number of rotatable bonds is 7. The van der Waals surface area contributed by atoms with Crippen molar-refractivity contribution in [3.8, 4) is 11.4 Å². The van der Waals surface area contributed by atoms with Gasteiger partial charge in [-0.1, -0.05) is 30.3 Å². The van der Waals surface area contributed by atoms with Crippen molar-refractivity contribution in [1.29, 1.82) is 0 Å². The monoisotopic (exact) mass is 342 g/mol. The molecule has 0 aliphatic carbocycles. The topological polar surface area (TPSA) is 79.3 Å². The van der Waals surface area contributed by atoms with Gasteiger partial charge < -0.3 is 20.5 Å². The van der Waals surface area contributed by atoms with Crippen molar-refractivity contribution in [2.45, 2.75) is 25.9 Å². The Hall–Kier alpha value is -2.02. The number of aliphatic hydroxyl groups excluding tert-OH is 1. The van der Waals surface area contributed by atoms with Gasteiger partial charge in [0.15, 0.2) is 5.82 Å². The highest BCUT2D eigenvalue weighted by molar-refractivity contribution is 5.60. The summed E-state index contributed by atoms with van der Waals surface area (Å²) < 4.78 is 5.28. The van der Waals surface area contributed by atoms with Gasteiger partial charge in [0, 0.05) is 37.2 Å². The minimum atomic E-state index is -0.561. The van der Waals surface area contributed by atoms with Crippen LogP contribution in [0.3, 0.4) is 0 Å². The highest BCUT2D eigenvalue weighted by Gasteiger charge is 2.18. The van der Waals surface area contributed by atoms with Crippen molar-refractivity contribution in [3.63, 3.8) is 0 Å². The van der Waals surface area contributed by atoms with Crippen LogP contribution in [-0.2, 0) is 17.6 Å². The molecule has 0 saturated carbocycles. The normalized spacial score (nSPS) is 15.3. The average molecular weight is 342 g/mol. The maximum Gasteiger partial charge on any atom is 0.161 e. The molecule has 1 atom stereocenters.